The van der Waals surface area contributed by atoms with E-state index in [0.717, 1.165) is 41.1 Å². The van der Waals surface area contributed by atoms with Gasteiger partial charge in [-0.15, -0.1) is 32.9 Å². The molecule has 1 amide bonds. The Labute approximate surface area is 234 Å². The van der Waals surface area contributed by atoms with Gasteiger partial charge in [0.2, 0.25) is 5.91 Å². The summed E-state index contributed by atoms with van der Waals surface area (Å²) < 4.78 is 7.59. The van der Waals surface area contributed by atoms with Crippen LogP contribution >= 0.6 is 34.4 Å². The minimum atomic E-state index is -0.363. The number of benzene rings is 1. The number of carbonyl (C=O) groups excluding carboxylic acids is 2. The molecule has 0 saturated carbocycles. The molecule has 198 valence electrons. The summed E-state index contributed by atoms with van der Waals surface area (Å²) in [7, 11) is 0. The molecular formula is C28H30N4O3S3. The van der Waals surface area contributed by atoms with Crippen molar-refractivity contribution in [1.29, 1.82) is 0 Å². The van der Waals surface area contributed by atoms with E-state index in [1.54, 1.807) is 11.3 Å². The van der Waals surface area contributed by atoms with Gasteiger partial charge < -0.3 is 10.1 Å². The number of carbonyl (C=O) groups is 2. The molecule has 4 aromatic rings. The molecule has 1 aliphatic carbocycles. The number of thiophene rings is 2. The fourth-order valence-electron chi connectivity index (χ4n) is 4.51. The largest absolute Gasteiger partial charge is 0.459 e. The molecule has 0 unspecified atom stereocenters. The van der Waals surface area contributed by atoms with Crippen molar-refractivity contribution in [1.82, 2.24) is 14.8 Å². The number of anilines is 1. The lowest BCUT2D eigenvalue weighted by molar-refractivity contribution is -0.113. The minimum Gasteiger partial charge on any atom is -0.459 e. The molecule has 1 aliphatic rings. The molecule has 1 aromatic carbocycles. The lowest BCUT2D eigenvalue weighted by atomic mass is 9.88. The monoisotopic (exact) mass is 566 g/mol. The molecule has 1 N–H and O–H groups in total. The summed E-state index contributed by atoms with van der Waals surface area (Å²) in [6.07, 6.45) is 2.54. The van der Waals surface area contributed by atoms with Gasteiger partial charge in [-0.1, -0.05) is 55.1 Å². The van der Waals surface area contributed by atoms with Gasteiger partial charge >= 0.3 is 5.97 Å². The van der Waals surface area contributed by atoms with Crippen molar-refractivity contribution in [3.8, 4) is 10.7 Å². The van der Waals surface area contributed by atoms with Gasteiger partial charge in [-0.2, -0.15) is 0 Å². The third-order valence-electron chi connectivity index (χ3n) is 6.29. The molecule has 38 heavy (non-hydrogen) atoms. The number of aromatic nitrogens is 3. The second-order valence-corrected chi connectivity index (χ2v) is 12.7. The number of esters is 1. The zero-order valence-corrected chi connectivity index (χ0v) is 24.0. The summed E-state index contributed by atoms with van der Waals surface area (Å²) >= 11 is 4.45. The van der Waals surface area contributed by atoms with Crippen LogP contribution in [0, 0.1) is 5.92 Å². The van der Waals surface area contributed by atoms with Crippen LogP contribution in [-0.2, 0) is 28.9 Å². The van der Waals surface area contributed by atoms with E-state index in [4.69, 9.17) is 4.74 Å². The van der Waals surface area contributed by atoms with E-state index in [1.807, 2.05) is 49.6 Å². The van der Waals surface area contributed by atoms with Crippen molar-refractivity contribution >= 4 is 51.3 Å². The highest BCUT2D eigenvalue weighted by Gasteiger charge is 2.30. The lowest BCUT2D eigenvalue weighted by Crippen LogP contribution is -2.19. The van der Waals surface area contributed by atoms with Crippen LogP contribution in [0.5, 0.6) is 0 Å². The molecule has 3 aromatic heterocycles. The number of rotatable bonds is 9. The van der Waals surface area contributed by atoms with Crippen molar-refractivity contribution in [2.24, 2.45) is 5.92 Å². The van der Waals surface area contributed by atoms with Crippen LogP contribution in [0.15, 0.2) is 53.0 Å². The maximum absolute atomic E-state index is 13.1. The van der Waals surface area contributed by atoms with Crippen molar-refractivity contribution in [3.63, 3.8) is 0 Å². The van der Waals surface area contributed by atoms with Crippen molar-refractivity contribution in [3.05, 3.63) is 69.4 Å². The average molecular weight is 567 g/mol. The van der Waals surface area contributed by atoms with Gasteiger partial charge in [0.25, 0.3) is 0 Å². The van der Waals surface area contributed by atoms with E-state index in [2.05, 4.69) is 39.1 Å². The smallest absolute Gasteiger partial charge is 0.341 e. The highest BCUT2D eigenvalue weighted by Crippen LogP contribution is 2.40. The van der Waals surface area contributed by atoms with Crippen LogP contribution in [0.2, 0.25) is 0 Å². The maximum Gasteiger partial charge on any atom is 0.341 e. The zero-order chi connectivity index (χ0) is 26.6. The SMILES string of the molecule is CC(C)OC(=O)c1c(NC(=O)CSc2nnc(-c3cccs3)n2Cc2ccccc2)sc2c1CC[C@H](C)C2. The summed E-state index contributed by atoms with van der Waals surface area (Å²) in [5, 5.41) is 15.2. The number of thioether (sulfide) groups is 1. The second-order valence-electron chi connectivity index (χ2n) is 9.70. The minimum absolute atomic E-state index is 0.148. The molecule has 7 nitrogen and oxygen atoms in total. The Balaban J connectivity index is 1.35. The quantitative estimate of drug-likeness (QED) is 0.183. The van der Waals surface area contributed by atoms with E-state index in [0.29, 0.717) is 28.2 Å². The van der Waals surface area contributed by atoms with Crippen molar-refractivity contribution in [2.45, 2.75) is 57.8 Å². The molecule has 10 heteroatoms. The third kappa shape index (κ3) is 6.03. The summed E-state index contributed by atoms with van der Waals surface area (Å²) in [6, 6.07) is 14.2. The van der Waals surface area contributed by atoms with Gasteiger partial charge in [-0.3, -0.25) is 9.36 Å². The Hall–Kier alpha value is -2.95. The molecule has 0 saturated heterocycles. The van der Waals surface area contributed by atoms with E-state index in [1.165, 1.54) is 28.0 Å². The third-order valence-corrected chi connectivity index (χ3v) is 9.29. The van der Waals surface area contributed by atoms with Crippen LogP contribution < -0.4 is 5.32 Å². The number of fused-ring (bicyclic) bond motifs is 1. The summed E-state index contributed by atoms with van der Waals surface area (Å²) in [5.74, 6) is 0.938. The Morgan fingerprint density at radius 2 is 2.00 bits per heavy atom. The normalized spacial score (nSPS) is 14.9. The first-order chi connectivity index (χ1) is 18.4. The van der Waals surface area contributed by atoms with Crippen LogP contribution in [0.4, 0.5) is 5.00 Å². The van der Waals surface area contributed by atoms with Gasteiger partial charge in [-0.05, 0) is 61.6 Å². The molecule has 1 atom stereocenters. The number of nitrogens with one attached hydrogen (secondary N) is 1. The summed E-state index contributed by atoms with van der Waals surface area (Å²) in [6.45, 7) is 6.50. The molecule has 0 bridgehead atoms. The number of hydrogen-bond donors (Lipinski definition) is 1. The first-order valence-corrected chi connectivity index (χ1v) is 15.4. The average Bonchev–Trinajstić information content (AvgIpc) is 3.61. The highest BCUT2D eigenvalue weighted by molar-refractivity contribution is 7.99. The van der Waals surface area contributed by atoms with Gasteiger partial charge in [0.05, 0.1) is 28.8 Å². The molecule has 5 rings (SSSR count). The number of hydrogen-bond acceptors (Lipinski definition) is 8. The molecular weight excluding hydrogens is 537 g/mol. The van der Waals surface area contributed by atoms with Crippen LogP contribution in [0.25, 0.3) is 10.7 Å². The van der Waals surface area contributed by atoms with Crippen LogP contribution in [0.1, 0.15) is 53.6 Å². The summed E-state index contributed by atoms with van der Waals surface area (Å²) in [5.41, 5.74) is 2.68. The molecule has 0 fully saturated rings. The Bertz CT molecular complexity index is 1410. The Morgan fingerprint density at radius 1 is 1.18 bits per heavy atom. The van der Waals surface area contributed by atoms with E-state index >= 15 is 0 Å². The highest BCUT2D eigenvalue weighted by atomic mass is 32.2. The van der Waals surface area contributed by atoms with Gasteiger partial charge in [0.15, 0.2) is 11.0 Å². The van der Waals surface area contributed by atoms with Gasteiger partial charge in [-0.25, -0.2) is 4.79 Å². The molecule has 0 aliphatic heterocycles. The topological polar surface area (TPSA) is 86.1 Å². The fourth-order valence-corrected chi connectivity index (χ4v) is 7.38. The van der Waals surface area contributed by atoms with Crippen molar-refractivity contribution < 1.29 is 14.3 Å². The zero-order valence-electron chi connectivity index (χ0n) is 21.6. The maximum atomic E-state index is 13.1. The van der Waals surface area contributed by atoms with Crippen LogP contribution in [0.3, 0.4) is 0 Å². The Kier molecular flexibility index (Phi) is 8.30. The van der Waals surface area contributed by atoms with E-state index in [9.17, 15) is 9.59 Å². The Morgan fingerprint density at radius 3 is 2.74 bits per heavy atom. The predicted molar refractivity (Wildman–Crippen MR) is 154 cm³/mol. The molecule has 3 heterocycles. The number of ether oxygens (including phenoxy) is 1. The van der Waals surface area contributed by atoms with Gasteiger partial charge in [0, 0.05) is 4.88 Å². The van der Waals surface area contributed by atoms with Crippen molar-refractivity contribution in [2.75, 3.05) is 11.1 Å². The van der Waals surface area contributed by atoms with E-state index < -0.39 is 0 Å². The summed E-state index contributed by atoms with van der Waals surface area (Å²) in [4.78, 5) is 28.3. The first-order valence-electron chi connectivity index (χ1n) is 12.7. The predicted octanol–water partition coefficient (Wildman–Crippen LogP) is 6.54. The van der Waals surface area contributed by atoms with E-state index in [-0.39, 0.29) is 23.7 Å². The standard InChI is InChI=1S/C28H30N4O3S3/c1-17(2)35-27(34)24-20-12-11-18(3)14-22(20)38-26(24)29-23(33)16-37-28-31-30-25(21-10-7-13-36-21)32(28)15-19-8-5-4-6-9-19/h4-10,13,17-18H,11-12,14-16H2,1-3H3,(H,29,33)/t18-/m0/s1. The molecule has 0 spiro atoms. The number of nitrogens with zero attached hydrogens (tertiary/aromatic N) is 3. The van der Waals surface area contributed by atoms with Crippen LogP contribution in [-0.4, -0.2) is 38.5 Å². The second kappa shape index (κ2) is 11.8. The number of amides is 1. The molecule has 0 radical (unpaired) electrons. The van der Waals surface area contributed by atoms with Gasteiger partial charge in [0.1, 0.15) is 5.00 Å². The first kappa shape index (κ1) is 26.6. The fraction of sp³-hybridized carbons (Fsp3) is 0.357. The lowest BCUT2D eigenvalue weighted by Gasteiger charge is -2.18.